The molecule has 2 heteroatoms. The molecule has 0 aromatic heterocycles. The number of benzene rings is 1. The average Bonchev–Trinajstić information content (AvgIpc) is 2.58. The van der Waals surface area contributed by atoms with Crippen molar-refractivity contribution in [2.24, 2.45) is 5.92 Å². The van der Waals surface area contributed by atoms with Crippen LogP contribution < -0.4 is 9.47 Å². The predicted molar refractivity (Wildman–Crippen MR) is 99.4 cm³/mol. The molecule has 0 saturated carbocycles. The van der Waals surface area contributed by atoms with Crippen LogP contribution in [0.5, 0.6) is 11.5 Å². The van der Waals surface area contributed by atoms with Crippen LogP contribution >= 0.6 is 0 Å². The number of hydrogen-bond donors (Lipinski definition) is 0. The lowest BCUT2D eigenvalue weighted by molar-refractivity contribution is 0.254. The zero-order chi connectivity index (χ0) is 16.8. The van der Waals surface area contributed by atoms with E-state index < -0.39 is 0 Å². The summed E-state index contributed by atoms with van der Waals surface area (Å²) in [5, 5.41) is 0. The topological polar surface area (TPSA) is 18.5 Å². The Morgan fingerprint density at radius 3 is 2.17 bits per heavy atom. The first-order chi connectivity index (χ1) is 11.3. The second kappa shape index (κ2) is 13.0. The Hall–Kier alpha value is -1.44. The zero-order valence-electron chi connectivity index (χ0n) is 15.1. The molecule has 0 spiro atoms. The molecule has 0 N–H and O–H groups in total. The van der Waals surface area contributed by atoms with Crippen molar-refractivity contribution in [1.29, 1.82) is 0 Å². The zero-order valence-corrected chi connectivity index (χ0v) is 15.1. The second-order valence-corrected chi connectivity index (χ2v) is 6.29. The molecule has 23 heavy (non-hydrogen) atoms. The molecule has 1 unspecified atom stereocenters. The third-order valence-corrected chi connectivity index (χ3v) is 4.21. The van der Waals surface area contributed by atoms with Gasteiger partial charge in [-0.1, -0.05) is 51.3 Å². The van der Waals surface area contributed by atoms with E-state index in [4.69, 9.17) is 9.47 Å². The SMILES string of the molecule is C=CCCCCCCOc1ccccc1OCCCC(C)CC. The van der Waals surface area contributed by atoms with Gasteiger partial charge in [-0.05, 0) is 50.2 Å². The maximum absolute atomic E-state index is 5.91. The van der Waals surface area contributed by atoms with Gasteiger partial charge in [0, 0.05) is 0 Å². The van der Waals surface area contributed by atoms with Crippen LogP contribution in [0.4, 0.5) is 0 Å². The molecular weight excluding hydrogens is 284 g/mol. The van der Waals surface area contributed by atoms with Gasteiger partial charge in [0.15, 0.2) is 11.5 Å². The van der Waals surface area contributed by atoms with Gasteiger partial charge in [0.1, 0.15) is 0 Å². The van der Waals surface area contributed by atoms with Crippen LogP contribution in [0.2, 0.25) is 0 Å². The Morgan fingerprint density at radius 2 is 1.57 bits per heavy atom. The first kappa shape index (κ1) is 19.6. The molecule has 0 fully saturated rings. The Balaban J connectivity index is 2.23. The van der Waals surface area contributed by atoms with Crippen molar-refractivity contribution >= 4 is 0 Å². The third kappa shape index (κ3) is 9.32. The molecule has 1 rings (SSSR count). The Kier molecular flexibility index (Phi) is 11.1. The smallest absolute Gasteiger partial charge is 0.161 e. The van der Waals surface area contributed by atoms with Gasteiger partial charge in [0.05, 0.1) is 13.2 Å². The quantitative estimate of drug-likeness (QED) is 0.291. The molecule has 0 amide bonds. The molecule has 0 saturated heterocycles. The highest BCUT2D eigenvalue weighted by atomic mass is 16.5. The summed E-state index contributed by atoms with van der Waals surface area (Å²) in [6.07, 6.45) is 11.5. The summed E-state index contributed by atoms with van der Waals surface area (Å²) in [5.41, 5.74) is 0. The third-order valence-electron chi connectivity index (χ3n) is 4.21. The summed E-state index contributed by atoms with van der Waals surface area (Å²) in [6.45, 7) is 9.83. The molecule has 0 radical (unpaired) electrons. The summed E-state index contributed by atoms with van der Waals surface area (Å²) >= 11 is 0. The number of rotatable bonds is 14. The van der Waals surface area contributed by atoms with Crippen LogP contribution in [0.1, 0.15) is 65.2 Å². The first-order valence-electron chi connectivity index (χ1n) is 9.23. The van der Waals surface area contributed by atoms with Crippen molar-refractivity contribution in [3.63, 3.8) is 0 Å². The molecule has 0 aliphatic heterocycles. The van der Waals surface area contributed by atoms with E-state index in [2.05, 4.69) is 20.4 Å². The maximum atomic E-state index is 5.91. The van der Waals surface area contributed by atoms with Crippen molar-refractivity contribution in [1.82, 2.24) is 0 Å². The highest BCUT2D eigenvalue weighted by molar-refractivity contribution is 5.39. The molecule has 0 bridgehead atoms. The number of ether oxygens (including phenoxy) is 2. The minimum atomic E-state index is 0.765. The van der Waals surface area contributed by atoms with Crippen LogP contribution in [-0.2, 0) is 0 Å². The summed E-state index contributed by atoms with van der Waals surface area (Å²) < 4.78 is 11.8. The molecule has 1 aromatic rings. The van der Waals surface area contributed by atoms with E-state index in [0.29, 0.717) is 0 Å². The lowest BCUT2D eigenvalue weighted by Gasteiger charge is -2.13. The Labute approximate surface area is 142 Å². The number of allylic oxidation sites excluding steroid dienone is 1. The maximum Gasteiger partial charge on any atom is 0.161 e. The van der Waals surface area contributed by atoms with Crippen LogP contribution in [0.3, 0.4) is 0 Å². The monoisotopic (exact) mass is 318 g/mol. The largest absolute Gasteiger partial charge is 0.490 e. The van der Waals surface area contributed by atoms with Gasteiger partial charge in [-0.2, -0.15) is 0 Å². The van der Waals surface area contributed by atoms with Crippen molar-refractivity contribution < 1.29 is 9.47 Å². The van der Waals surface area contributed by atoms with E-state index in [0.717, 1.165) is 49.9 Å². The number of hydrogen-bond acceptors (Lipinski definition) is 2. The molecule has 130 valence electrons. The normalized spacial score (nSPS) is 11.9. The van der Waals surface area contributed by atoms with Gasteiger partial charge < -0.3 is 9.47 Å². The lowest BCUT2D eigenvalue weighted by atomic mass is 10.0. The summed E-state index contributed by atoms with van der Waals surface area (Å²) in [6, 6.07) is 8.02. The molecular formula is C21H34O2. The summed E-state index contributed by atoms with van der Waals surface area (Å²) in [7, 11) is 0. The molecule has 2 nitrogen and oxygen atoms in total. The highest BCUT2D eigenvalue weighted by Crippen LogP contribution is 2.27. The van der Waals surface area contributed by atoms with Gasteiger partial charge >= 0.3 is 0 Å². The Morgan fingerprint density at radius 1 is 0.957 bits per heavy atom. The molecule has 1 atom stereocenters. The minimum absolute atomic E-state index is 0.765. The lowest BCUT2D eigenvalue weighted by Crippen LogP contribution is -2.04. The summed E-state index contributed by atoms with van der Waals surface area (Å²) in [5.74, 6) is 2.54. The van der Waals surface area contributed by atoms with Gasteiger partial charge in [-0.3, -0.25) is 0 Å². The van der Waals surface area contributed by atoms with Crippen LogP contribution in [-0.4, -0.2) is 13.2 Å². The highest BCUT2D eigenvalue weighted by Gasteiger charge is 2.05. The average molecular weight is 319 g/mol. The fourth-order valence-corrected chi connectivity index (χ4v) is 2.43. The van der Waals surface area contributed by atoms with E-state index >= 15 is 0 Å². The van der Waals surface area contributed by atoms with Gasteiger partial charge in [0.25, 0.3) is 0 Å². The molecule has 0 aliphatic rings. The van der Waals surface area contributed by atoms with Crippen LogP contribution in [0.15, 0.2) is 36.9 Å². The van der Waals surface area contributed by atoms with Crippen LogP contribution in [0, 0.1) is 5.92 Å². The van der Waals surface area contributed by atoms with Crippen molar-refractivity contribution in [2.75, 3.05) is 13.2 Å². The van der Waals surface area contributed by atoms with Crippen molar-refractivity contribution in [2.45, 2.75) is 65.2 Å². The second-order valence-electron chi connectivity index (χ2n) is 6.29. The number of unbranched alkanes of at least 4 members (excludes halogenated alkanes) is 4. The predicted octanol–water partition coefficient (Wildman–Crippen LogP) is 6.41. The van der Waals surface area contributed by atoms with E-state index in [1.54, 1.807) is 0 Å². The first-order valence-corrected chi connectivity index (χ1v) is 9.23. The molecule has 0 heterocycles. The van der Waals surface area contributed by atoms with Gasteiger partial charge in [0.2, 0.25) is 0 Å². The van der Waals surface area contributed by atoms with Gasteiger partial charge in [-0.15, -0.1) is 6.58 Å². The standard InChI is InChI=1S/C21H34O2/c1-4-6-7-8-9-12-17-22-20-15-10-11-16-21(20)23-18-13-14-19(3)5-2/h4,10-11,15-16,19H,1,5-9,12-14,17-18H2,2-3H3. The molecule has 1 aromatic carbocycles. The summed E-state index contributed by atoms with van der Waals surface area (Å²) in [4.78, 5) is 0. The van der Waals surface area contributed by atoms with Gasteiger partial charge in [-0.25, -0.2) is 0 Å². The van der Waals surface area contributed by atoms with E-state index in [9.17, 15) is 0 Å². The van der Waals surface area contributed by atoms with E-state index in [1.165, 1.54) is 32.1 Å². The fraction of sp³-hybridized carbons (Fsp3) is 0.619. The number of para-hydroxylation sites is 2. The Bertz CT molecular complexity index is 414. The van der Waals surface area contributed by atoms with E-state index in [1.807, 2.05) is 30.3 Å². The van der Waals surface area contributed by atoms with Crippen molar-refractivity contribution in [3.05, 3.63) is 36.9 Å². The minimum Gasteiger partial charge on any atom is -0.490 e. The van der Waals surface area contributed by atoms with Crippen molar-refractivity contribution in [3.8, 4) is 11.5 Å². The molecule has 0 aliphatic carbocycles. The van der Waals surface area contributed by atoms with Crippen LogP contribution in [0.25, 0.3) is 0 Å². The van der Waals surface area contributed by atoms with E-state index in [-0.39, 0.29) is 0 Å². The fourth-order valence-electron chi connectivity index (χ4n) is 2.43.